The van der Waals surface area contributed by atoms with E-state index in [4.69, 9.17) is 25.1 Å². The highest BCUT2D eigenvalue weighted by atomic mass is 16.6. The van der Waals surface area contributed by atoms with Crippen molar-refractivity contribution < 1.29 is 43.2 Å². The molecule has 48 heavy (non-hydrogen) atoms. The van der Waals surface area contributed by atoms with Crippen LogP contribution in [0.25, 0.3) is 16.8 Å². The minimum atomic E-state index is -0.944. The second-order valence-electron chi connectivity index (χ2n) is 12.0. The predicted molar refractivity (Wildman–Crippen MR) is 181 cm³/mol. The van der Waals surface area contributed by atoms with Crippen molar-refractivity contribution >= 4 is 46.5 Å². The molecule has 262 valence electrons. The number of carbonyl (C=O) groups excluding carboxylic acids is 3. The normalized spacial score (nSPS) is 13.1. The van der Waals surface area contributed by atoms with Gasteiger partial charge in [-0.05, 0) is 87.1 Å². The molecule has 0 unspecified atom stereocenters. The lowest BCUT2D eigenvalue weighted by Gasteiger charge is -2.29. The Balaban J connectivity index is 0.000000886. The quantitative estimate of drug-likeness (QED) is 0.0983. The van der Waals surface area contributed by atoms with Crippen molar-refractivity contribution in [3.8, 4) is 6.07 Å². The van der Waals surface area contributed by atoms with Crippen LogP contribution in [0.5, 0.6) is 0 Å². The van der Waals surface area contributed by atoms with Gasteiger partial charge in [0.05, 0.1) is 26.4 Å². The van der Waals surface area contributed by atoms with Gasteiger partial charge in [-0.3, -0.25) is 14.4 Å². The SMILES string of the molecule is CC(C)(C)OC(N)=O.N#C/C(=C\c1ccc2cc(N3CCCCC3)ccc2c1)C(=O)NCCOCCOCCOC(=O)CCCC(=O)O. The summed E-state index contributed by atoms with van der Waals surface area (Å²) in [7, 11) is 0. The van der Waals surface area contributed by atoms with Crippen LogP contribution in [0.2, 0.25) is 0 Å². The number of piperidine rings is 1. The molecule has 0 bridgehead atoms. The predicted octanol–water partition coefficient (Wildman–Crippen LogP) is 4.56. The van der Waals surface area contributed by atoms with Crippen molar-refractivity contribution in [2.75, 3.05) is 57.6 Å². The number of aliphatic carboxylic acids is 1. The molecule has 1 aliphatic heterocycles. The number of hydrogen-bond acceptors (Lipinski definition) is 10. The number of carboxylic acid groups (broad SMARTS) is 1. The molecular weight excluding hydrogens is 620 g/mol. The number of esters is 1. The van der Waals surface area contributed by atoms with Crippen LogP contribution in [0, 0.1) is 11.3 Å². The number of ether oxygens (including phenoxy) is 4. The molecule has 4 N–H and O–H groups in total. The Morgan fingerprint density at radius 2 is 1.58 bits per heavy atom. The van der Waals surface area contributed by atoms with Crippen LogP contribution >= 0.6 is 0 Å². The highest BCUT2D eigenvalue weighted by Gasteiger charge is 2.13. The number of nitrogens with zero attached hydrogens (tertiary/aromatic N) is 2. The molecule has 3 rings (SSSR count). The fourth-order valence-electron chi connectivity index (χ4n) is 4.63. The van der Waals surface area contributed by atoms with E-state index in [9.17, 15) is 24.4 Å². The van der Waals surface area contributed by atoms with Gasteiger partial charge in [0.1, 0.15) is 23.9 Å². The number of hydrogen-bond donors (Lipinski definition) is 3. The minimum Gasteiger partial charge on any atom is -0.481 e. The van der Waals surface area contributed by atoms with Crippen LogP contribution in [-0.4, -0.2) is 87.3 Å². The van der Waals surface area contributed by atoms with Crippen LogP contribution in [0.1, 0.15) is 64.9 Å². The maximum absolute atomic E-state index is 12.5. The number of fused-ring (bicyclic) bond motifs is 1. The molecule has 0 atom stereocenters. The lowest BCUT2D eigenvalue weighted by atomic mass is 10.0. The first-order valence-electron chi connectivity index (χ1n) is 16.1. The van der Waals surface area contributed by atoms with E-state index in [1.165, 1.54) is 24.9 Å². The number of anilines is 1. The summed E-state index contributed by atoms with van der Waals surface area (Å²) in [5.41, 5.74) is 6.30. The third-order valence-electron chi connectivity index (χ3n) is 6.82. The van der Waals surface area contributed by atoms with Gasteiger partial charge in [0, 0.05) is 38.2 Å². The Kier molecular flexibility index (Phi) is 17.5. The zero-order valence-corrected chi connectivity index (χ0v) is 28.1. The molecule has 0 saturated carbocycles. The minimum absolute atomic E-state index is 0.0186. The van der Waals surface area contributed by atoms with E-state index in [0.29, 0.717) is 6.61 Å². The van der Waals surface area contributed by atoms with E-state index >= 15 is 0 Å². The van der Waals surface area contributed by atoms with Crippen LogP contribution < -0.4 is 16.0 Å². The van der Waals surface area contributed by atoms with Gasteiger partial charge in [-0.1, -0.05) is 18.2 Å². The molecule has 0 aliphatic carbocycles. The van der Waals surface area contributed by atoms with Gasteiger partial charge in [0.2, 0.25) is 0 Å². The van der Waals surface area contributed by atoms with Crippen LogP contribution in [0.3, 0.4) is 0 Å². The molecule has 1 fully saturated rings. The first-order valence-corrected chi connectivity index (χ1v) is 16.1. The Labute approximate surface area is 281 Å². The highest BCUT2D eigenvalue weighted by Crippen LogP contribution is 2.26. The Morgan fingerprint density at radius 1 is 0.938 bits per heavy atom. The monoisotopic (exact) mass is 668 g/mol. The number of amides is 2. The van der Waals surface area contributed by atoms with Crippen molar-refractivity contribution in [2.24, 2.45) is 5.73 Å². The summed E-state index contributed by atoms with van der Waals surface area (Å²) in [6.07, 6.45) is 4.84. The second kappa shape index (κ2) is 21.3. The van der Waals surface area contributed by atoms with Gasteiger partial charge in [-0.25, -0.2) is 4.79 Å². The number of primary amides is 1. The maximum Gasteiger partial charge on any atom is 0.405 e. The second-order valence-corrected chi connectivity index (χ2v) is 12.0. The van der Waals surface area contributed by atoms with Crippen molar-refractivity contribution in [2.45, 2.75) is 64.9 Å². The zero-order valence-electron chi connectivity index (χ0n) is 28.1. The molecule has 1 aliphatic rings. The number of nitrogens with two attached hydrogens (primary N) is 1. The number of nitrogens with one attached hydrogen (secondary N) is 1. The number of carbonyl (C=O) groups is 4. The van der Waals surface area contributed by atoms with Crippen LogP contribution in [0.4, 0.5) is 10.5 Å². The summed E-state index contributed by atoms with van der Waals surface area (Å²) in [4.78, 5) is 46.7. The van der Waals surface area contributed by atoms with Gasteiger partial charge < -0.3 is 40.0 Å². The summed E-state index contributed by atoms with van der Waals surface area (Å²) < 4.78 is 20.2. The van der Waals surface area contributed by atoms with Crippen LogP contribution in [-0.2, 0) is 33.3 Å². The lowest BCUT2D eigenvalue weighted by molar-refractivity contribution is -0.145. The number of rotatable bonds is 16. The molecular formula is C35H48N4O9. The summed E-state index contributed by atoms with van der Waals surface area (Å²) in [5.74, 6) is -1.86. The molecule has 2 amide bonds. The Hall–Kier alpha value is -4.67. The Morgan fingerprint density at radius 3 is 2.21 bits per heavy atom. The topological polar surface area (TPSA) is 191 Å². The standard InChI is InChI=1S/C30H37N3O7.C5H11NO2/c31-22-26(20-23-7-8-25-21-27(10-9-24(25)19-23)33-12-2-1-3-13-33)30(37)32-11-14-38-15-16-39-17-18-40-29(36)6-4-5-28(34)35;1-5(2,3)8-4(6)7/h7-10,19-21H,1-6,11-18H2,(H,32,37)(H,34,35);1-3H3,(H2,6,7)/b26-20+;. The average molecular weight is 669 g/mol. The summed E-state index contributed by atoms with van der Waals surface area (Å²) in [6.45, 7) is 8.82. The molecule has 0 spiro atoms. The van der Waals surface area contributed by atoms with E-state index < -0.39 is 29.5 Å². The van der Waals surface area contributed by atoms with Gasteiger partial charge in [0.15, 0.2) is 0 Å². The zero-order chi connectivity index (χ0) is 35.4. The molecule has 2 aromatic rings. The van der Waals surface area contributed by atoms with Crippen molar-refractivity contribution in [1.29, 1.82) is 5.26 Å². The average Bonchev–Trinajstić information content (AvgIpc) is 3.03. The smallest absolute Gasteiger partial charge is 0.405 e. The Bertz CT molecular complexity index is 1420. The van der Waals surface area contributed by atoms with Gasteiger partial charge in [-0.15, -0.1) is 0 Å². The highest BCUT2D eigenvalue weighted by molar-refractivity contribution is 6.02. The fraction of sp³-hybridized carbons (Fsp3) is 0.514. The summed E-state index contributed by atoms with van der Waals surface area (Å²) in [5, 5.41) is 22.9. The third-order valence-corrected chi connectivity index (χ3v) is 6.82. The van der Waals surface area contributed by atoms with Crippen LogP contribution in [0.15, 0.2) is 42.0 Å². The molecule has 1 heterocycles. The number of nitriles is 1. The van der Waals surface area contributed by atoms with E-state index in [1.54, 1.807) is 26.8 Å². The maximum atomic E-state index is 12.5. The number of carboxylic acids is 1. The molecule has 1 saturated heterocycles. The van der Waals surface area contributed by atoms with Gasteiger partial charge in [0.25, 0.3) is 5.91 Å². The van der Waals surface area contributed by atoms with E-state index in [-0.39, 0.29) is 57.8 Å². The summed E-state index contributed by atoms with van der Waals surface area (Å²) >= 11 is 0. The first kappa shape index (κ1) is 39.5. The largest absolute Gasteiger partial charge is 0.481 e. The van der Waals surface area contributed by atoms with Gasteiger partial charge >= 0.3 is 18.0 Å². The number of benzene rings is 2. The molecule has 2 aromatic carbocycles. The summed E-state index contributed by atoms with van der Waals surface area (Å²) in [6, 6.07) is 14.3. The molecule has 0 aromatic heterocycles. The van der Waals surface area contributed by atoms with E-state index in [2.05, 4.69) is 33.2 Å². The molecule has 13 heteroatoms. The lowest BCUT2D eigenvalue weighted by Crippen LogP contribution is -2.29. The first-order chi connectivity index (χ1) is 22.9. The van der Waals surface area contributed by atoms with Crippen molar-refractivity contribution in [1.82, 2.24) is 5.32 Å². The molecule has 0 radical (unpaired) electrons. The van der Waals surface area contributed by atoms with Crippen molar-refractivity contribution in [3.63, 3.8) is 0 Å². The third kappa shape index (κ3) is 16.8. The van der Waals surface area contributed by atoms with Gasteiger partial charge in [-0.2, -0.15) is 5.26 Å². The van der Waals surface area contributed by atoms with E-state index in [1.807, 2.05) is 24.3 Å². The van der Waals surface area contributed by atoms with E-state index in [0.717, 1.165) is 29.4 Å². The molecule has 13 nitrogen and oxygen atoms in total. The van der Waals surface area contributed by atoms with Crippen molar-refractivity contribution in [3.05, 3.63) is 47.5 Å². The fourth-order valence-corrected chi connectivity index (χ4v) is 4.63.